The highest BCUT2D eigenvalue weighted by molar-refractivity contribution is 8.04. The van der Waals surface area contributed by atoms with Gasteiger partial charge >= 0.3 is 0 Å². The van der Waals surface area contributed by atoms with Crippen LogP contribution in [0.4, 0.5) is 0 Å². The van der Waals surface area contributed by atoms with Gasteiger partial charge in [-0.25, -0.2) is 0 Å². The van der Waals surface area contributed by atoms with Crippen LogP contribution in [0.25, 0.3) is 0 Å². The molecule has 2 nitrogen and oxygen atoms in total. The van der Waals surface area contributed by atoms with Crippen LogP contribution in [0, 0.1) is 5.92 Å². The highest BCUT2D eigenvalue weighted by Gasteiger charge is 2.39. The molecule has 1 aromatic rings. The summed E-state index contributed by atoms with van der Waals surface area (Å²) in [6.45, 7) is 0. The van der Waals surface area contributed by atoms with E-state index in [4.69, 9.17) is 5.73 Å². The predicted molar refractivity (Wildman–Crippen MR) is 67.9 cm³/mol. The van der Waals surface area contributed by atoms with E-state index in [1.807, 2.05) is 24.2 Å². The standard InChI is InChI=1S/C13H14N2S/c14-13-12(9-5-7-15-8-6-9)10-3-1-2-4-11(10)16-13/h1-2,4-8,10,12-13H,3,14H2. The van der Waals surface area contributed by atoms with Crippen LogP contribution in [0.15, 0.2) is 47.7 Å². The van der Waals surface area contributed by atoms with Gasteiger partial charge in [-0.15, -0.1) is 11.8 Å². The molecule has 3 heteroatoms. The maximum Gasteiger partial charge on any atom is 0.0627 e. The summed E-state index contributed by atoms with van der Waals surface area (Å²) >= 11 is 1.82. The largest absolute Gasteiger partial charge is 0.319 e. The van der Waals surface area contributed by atoms with E-state index in [1.165, 1.54) is 10.5 Å². The third-order valence-corrected chi connectivity index (χ3v) is 4.58. The normalized spacial score (nSPS) is 32.3. The van der Waals surface area contributed by atoms with Crippen molar-refractivity contribution in [2.24, 2.45) is 11.7 Å². The minimum absolute atomic E-state index is 0.179. The Morgan fingerprint density at radius 2 is 2.12 bits per heavy atom. The zero-order chi connectivity index (χ0) is 11.0. The van der Waals surface area contributed by atoms with E-state index >= 15 is 0 Å². The molecule has 3 atom stereocenters. The lowest BCUT2D eigenvalue weighted by Crippen LogP contribution is -2.24. The minimum Gasteiger partial charge on any atom is -0.319 e. The third kappa shape index (κ3) is 1.60. The molecule has 0 aromatic carbocycles. The molecule has 3 unspecified atom stereocenters. The monoisotopic (exact) mass is 230 g/mol. The highest BCUT2D eigenvalue weighted by Crippen LogP contribution is 2.51. The summed E-state index contributed by atoms with van der Waals surface area (Å²) in [5, 5.41) is 0.179. The van der Waals surface area contributed by atoms with Crippen LogP contribution in [-0.4, -0.2) is 10.4 Å². The van der Waals surface area contributed by atoms with Crippen molar-refractivity contribution < 1.29 is 0 Å². The molecule has 1 saturated heterocycles. The van der Waals surface area contributed by atoms with Gasteiger partial charge in [0.2, 0.25) is 0 Å². The Morgan fingerprint density at radius 1 is 1.31 bits per heavy atom. The molecule has 2 heterocycles. The number of thioether (sulfide) groups is 1. The summed E-state index contributed by atoms with van der Waals surface area (Å²) in [4.78, 5) is 5.51. The van der Waals surface area contributed by atoms with Gasteiger partial charge in [0.05, 0.1) is 5.37 Å². The molecule has 0 amide bonds. The van der Waals surface area contributed by atoms with E-state index in [1.54, 1.807) is 0 Å². The zero-order valence-corrected chi connectivity index (χ0v) is 9.73. The van der Waals surface area contributed by atoms with Crippen molar-refractivity contribution in [3.05, 3.63) is 53.2 Å². The van der Waals surface area contributed by atoms with Gasteiger partial charge in [0, 0.05) is 24.2 Å². The second kappa shape index (κ2) is 4.07. The zero-order valence-electron chi connectivity index (χ0n) is 8.91. The van der Waals surface area contributed by atoms with Crippen LogP contribution in [-0.2, 0) is 0 Å². The average molecular weight is 230 g/mol. The van der Waals surface area contributed by atoms with Gasteiger partial charge in [-0.2, -0.15) is 0 Å². The Bertz CT molecular complexity index is 439. The Kier molecular flexibility index (Phi) is 2.58. The molecule has 0 bridgehead atoms. The number of nitrogens with two attached hydrogens (primary N) is 1. The smallest absolute Gasteiger partial charge is 0.0627 e. The minimum atomic E-state index is 0.179. The van der Waals surface area contributed by atoms with Crippen molar-refractivity contribution in [1.29, 1.82) is 0 Å². The SMILES string of the molecule is NC1SC2=CC=CCC2C1c1ccncc1. The van der Waals surface area contributed by atoms with E-state index in [0.29, 0.717) is 11.8 Å². The number of aromatic nitrogens is 1. The summed E-state index contributed by atoms with van der Waals surface area (Å²) in [5.74, 6) is 1.01. The Balaban J connectivity index is 1.96. The van der Waals surface area contributed by atoms with Gasteiger partial charge in [0.15, 0.2) is 0 Å². The lowest BCUT2D eigenvalue weighted by atomic mass is 9.82. The summed E-state index contributed by atoms with van der Waals surface area (Å²) in [6, 6.07) is 4.18. The molecule has 1 aromatic heterocycles. The lowest BCUT2D eigenvalue weighted by molar-refractivity contribution is 0.510. The van der Waals surface area contributed by atoms with Crippen LogP contribution in [0.1, 0.15) is 17.9 Å². The van der Waals surface area contributed by atoms with Crippen molar-refractivity contribution in [3.8, 4) is 0 Å². The van der Waals surface area contributed by atoms with E-state index in [2.05, 4.69) is 35.3 Å². The summed E-state index contributed by atoms with van der Waals surface area (Å²) in [6.07, 6.45) is 11.4. The second-order valence-corrected chi connectivity index (χ2v) is 5.48. The molecule has 82 valence electrons. The molecular formula is C13H14N2S. The Labute approximate surface area is 99.6 Å². The topological polar surface area (TPSA) is 38.9 Å². The van der Waals surface area contributed by atoms with E-state index in [0.717, 1.165) is 6.42 Å². The number of hydrogen-bond donors (Lipinski definition) is 1. The Hall–Kier alpha value is -1.06. The second-order valence-electron chi connectivity index (χ2n) is 4.23. The Morgan fingerprint density at radius 3 is 2.94 bits per heavy atom. The number of rotatable bonds is 1. The van der Waals surface area contributed by atoms with Crippen molar-refractivity contribution in [2.75, 3.05) is 0 Å². The third-order valence-electron chi connectivity index (χ3n) is 3.30. The van der Waals surface area contributed by atoms with Crippen LogP contribution < -0.4 is 5.73 Å². The molecule has 2 aliphatic rings. The van der Waals surface area contributed by atoms with E-state index < -0.39 is 0 Å². The lowest BCUT2D eigenvalue weighted by Gasteiger charge is -2.22. The van der Waals surface area contributed by atoms with E-state index in [9.17, 15) is 0 Å². The number of nitrogens with zero attached hydrogens (tertiary/aromatic N) is 1. The number of fused-ring (bicyclic) bond motifs is 1. The van der Waals surface area contributed by atoms with Crippen LogP contribution in [0.3, 0.4) is 0 Å². The maximum absolute atomic E-state index is 6.24. The maximum atomic E-state index is 6.24. The van der Waals surface area contributed by atoms with Crippen LogP contribution >= 0.6 is 11.8 Å². The fourth-order valence-electron chi connectivity index (χ4n) is 2.55. The summed E-state index contributed by atoms with van der Waals surface area (Å²) in [5.41, 5.74) is 7.56. The molecule has 0 spiro atoms. The van der Waals surface area contributed by atoms with Crippen molar-refractivity contribution >= 4 is 11.8 Å². The fourth-order valence-corrected chi connectivity index (χ4v) is 3.93. The molecule has 16 heavy (non-hydrogen) atoms. The summed E-state index contributed by atoms with van der Waals surface area (Å²) < 4.78 is 0. The van der Waals surface area contributed by atoms with Gasteiger partial charge in [0.1, 0.15) is 0 Å². The molecule has 1 fully saturated rings. The first-order chi connectivity index (χ1) is 7.86. The van der Waals surface area contributed by atoms with Crippen molar-refractivity contribution in [3.63, 3.8) is 0 Å². The van der Waals surface area contributed by atoms with Crippen molar-refractivity contribution in [2.45, 2.75) is 17.7 Å². The van der Waals surface area contributed by atoms with Crippen LogP contribution in [0.5, 0.6) is 0 Å². The molecule has 0 radical (unpaired) electrons. The van der Waals surface area contributed by atoms with Gasteiger partial charge in [-0.1, -0.05) is 18.2 Å². The van der Waals surface area contributed by atoms with E-state index in [-0.39, 0.29) is 5.37 Å². The number of allylic oxidation sites excluding steroid dienone is 4. The quantitative estimate of drug-likeness (QED) is 0.806. The number of hydrogen-bond acceptors (Lipinski definition) is 3. The summed E-state index contributed by atoms with van der Waals surface area (Å²) in [7, 11) is 0. The van der Waals surface area contributed by atoms with Gasteiger partial charge < -0.3 is 5.73 Å². The van der Waals surface area contributed by atoms with Gasteiger partial charge in [0.25, 0.3) is 0 Å². The molecule has 1 aliphatic heterocycles. The van der Waals surface area contributed by atoms with Gasteiger partial charge in [-0.05, 0) is 29.0 Å². The molecule has 2 N–H and O–H groups in total. The molecule has 3 rings (SSSR count). The van der Waals surface area contributed by atoms with Crippen molar-refractivity contribution in [1.82, 2.24) is 4.98 Å². The van der Waals surface area contributed by atoms with Gasteiger partial charge in [-0.3, -0.25) is 4.98 Å². The molecule has 0 saturated carbocycles. The number of pyridine rings is 1. The fraction of sp³-hybridized carbons (Fsp3) is 0.308. The first-order valence-corrected chi connectivity index (χ1v) is 6.43. The first-order valence-electron chi connectivity index (χ1n) is 5.55. The molecular weight excluding hydrogens is 216 g/mol. The average Bonchev–Trinajstić information content (AvgIpc) is 2.66. The highest BCUT2D eigenvalue weighted by atomic mass is 32.2. The first kappa shape index (κ1) is 10.1. The predicted octanol–water partition coefficient (Wildman–Crippen LogP) is 2.66. The molecule has 1 aliphatic carbocycles. The van der Waals surface area contributed by atoms with Crippen LogP contribution in [0.2, 0.25) is 0 Å².